The molecular weight excluding hydrogens is 398 g/mol. The van der Waals surface area contributed by atoms with E-state index in [4.69, 9.17) is 9.84 Å². The van der Waals surface area contributed by atoms with E-state index in [-0.39, 0.29) is 5.97 Å². The summed E-state index contributed by atoms with van der Waals surface area (Å²) in [5, 5.41) is 16.8. The van der Waals surface area contributed by atoms with E-state index in [1.54, 1.807) is 0 Å². The van der Waals surface area contributed by atoms with E-state index in [1.165, 1.54) is 36.8 Å². The lowest BCUT2D eigenvalue weighted by Crippen LogP contribution is -2.40. The molecule has 0 N–H and O–H groups in total. The fourth-order valence-electron chi connectivity index (χ4n) is 5.83. The molecule has 1 heterocycles. The van der Waals surface area contributed by atoms with Gasteiger partial charge in [-0.05, 0) is 86.9 Å². The Balaban J connectivity index is 1.55. The summed E-state index contributed by atoms with van der Waals surface area (Å²) in [4.78, 5) is 12.2. The molecule has 1 aliphatic heterocycles. The van der Waals surface area contributed by atoms with Crippen LogP contribution in [-0.4, -0.2) is 24.3 Å². The van der Waals surface area contributed by atoms with Crippen LogP contribution >= 0.6 is 0 Å². The van der Waals surface area contributed by atoms with Crippen molar-refractivity contribution in [1.82, 2.24) is 0 Å². The number of benzene rings is 2. The van der Waals surface area contributed by atoms with Crippen molar-refractivity contribution < 1.29 is 9.53 Å². The van der Waals surface area contributed by atoms with Gasteiger partial charge >= 0.3 is 5.97 Å². The zero-order valence-electron chi connectivity index (χ0n) is 18.8. The molecule has 0 radical (unpaired) electrons. The van der Waals surface area contributed by atoms with Gasteiger partial charge in [-0.25, -0.2) is 4.79 Å². The first-order valence-corrected chi connectivity index (χ1v) is 11.8. The van der Waals surface area contributed by atoms with Crippen molar-refractivity contribution >= 4 is 17.4 Å². The molecule has 1 saturated carbocycles. The van der Waals surface area contributed by atoms with Crippen LogP contribution in [0.1, 0.15) is 71.6 Å². The SMILES string of the molecule is CCOC(=O)c1ccc2c(c1)CC[C@H]1C2=NN(c2ccc(C#N)c(C)c2)[C@H]1C1CCCC1. The summed E-state index contributed by atoms with van der Waals surface area (Å²) in [6.07, 6.45) is 7.10. The van der Waals surface area contributed by atoms with Crippen LogP contribution in [0.15, 0.2) is 41.5 Å². The maximum absolute atomic E-state index is 12.2. The number of esters is 1. The van der Waals surface area contributed by atoms with Crippen LogP contribution in [0.3, 0.4) is 0 Å². The summed E-state index contributed by atoms with van der Waals surface area (Å²) < 4.78 is 5.19. The van der Waals surface area contributed by atoms with E-state index in [0.29, 0.717) is 35.6 Å². The first-order valence-electron chi connectivity index (χ1n) is 11.8. The van der Waals surface area contributed by atoms with E-state index < -0.39 is 0 Å². The van der Waals surface area contributed by atoms with E-state index in [9.17, 15) is 10.1 Å². The quantitative estimate of drug-likeness (QED) is 0.614. The Morgan fingerprint density at radius 1 is 1.19 bits per heavy atom. The summed E-state index contributed by atoms with van der Waals surface area (Å²) in [5.74, 6) is 0.775. The molecule has 164 valence electrons. The molecule has 3 aliphatic rings. The molecule has 0 saturated heterocycles. The number of anilines is 1. The van der Waals surface area contributed by atoms with Crippen LogP contribution in [0.25, 0.3) is 0 Å². The first-order chi connectivity index (χ1) is 15.6. The second-order valence-electron chi connectivity index (χ2n) is 9.21. The highest BCUT2D eigenvalue weighted by molar-refractivity contribution is 6.07. The fraction of sp³-hybridized carbons (Fsp3) is 0.444. The summed E-state index contributed by atoms with van der Waals surface area (Å²) in [5.41, 5.74) is 6.91. The van der Waals surface area contributed by atoms with Crippen molar-refractivity contribution in [2.45, 2.75) is 58.4 Å². The highest BCUT2D eigenvalue weighted by Crippen LogP contribution is 2.45. The van der Waals surface area contributed by atoms with Crippen LogP contribution in [0.4, 0.5) is 5.69 Å². The van der Waals surface area contributed by atoms with Crippen molar-refractivity contribution in [3.05, 3.63) is 64.2 Å². The summed E-state index contributed by atoms with van der Waals surface area (Å²) in [6.45, 7) is 4.21. The number of aryl methyl sites for hydroxylation is 2. The van der Waals surface area contributed by atoms with Gasteiger partial charge in [-0.3, -0.25) is 5.01 Å². The molecule has 2 aliphatic carbocycles. The van der Waals surface area contributed by atoms with E-state index >= 15 is 0 Å². The van der Waals surface area contributed by atoms with Gasteiger partial charge in [0.1, 0.15) is 0 Å². The highest BCUT2D eigenvalue weighted by Gasteiger charge is 2.45. The molecule has 0 unspecified atom stereocenters. The largest absolute Gasteiger partial charge is 0.462 e. The lowest BCUT2D eigenvalue weighted by atomic mass is 9.75. The summed E-state index contributed by atoms with van der Waals surface area (Å²) in [7, 11) is 0. The van der Waals surface area contributed by atoms with Gasteiger partial charge in [0.05, 0.1) is 41.2 Å². The molecule has 0 spiro atoms. The average Bonchev–Trinajstić information content (AvgIpc) is 3.46. The number of rotatable bonds is 4. The number of hydrogen-bond acceptors (Lipinski definition) is 5. The predicted octanol–water partition coefficient (Wildman–Crippen LogP) is 5.39. The van der Waals surface area contributed by atoms with Crippen molar-refractivity contribution in [3.63, 3.8) is 0 Å². The number of carbonyl (C=O) groups is 1. The van der Waals surface area contributed by atoms with Crippen LogP contribution < -0.4 is 5.01 Å². The van der Waals surface area contributed by atoms with Gasteiger partial charge in [0.15, 0.2) is 0 Å². The molecule has 5 rings (SSSR count). The maximum atomic E-state index is 12.2. The number of carbonyl (C=O) groups excluding carboxylic acids is 1. The molecule has 5 heteroatoms. The third-order valence-electron chi connectivity index (χ3n) is 7.36. The number of hydrazone groups is 1. The molecule has 5 nitrogen and oxygen atoms in total. The van der Waals surface area contributed by atoms with Crippen LogP contribution in [0.5, 0.6) is 0 Å². The van der Waals surface area contributed by atoms with Crippen molar-refractivity contribution in [2.24, 2.45) is 16.9 Å². The smallest absolute Gasteiger partial charge is 0.338 e. The molecule has 1 fully saturated rings. The number of ether oxygens (including phenoxy) is 1. The van der Waals surface area contributed by atoms with Crippen LogP contribution in [-0.2, 0) is 11.2 Å². The Bertz CT molecular complexity index is 1120. The predicted molar refractivity (Wildman–Crippen MR) is 125 cm³/mol. The zero-order valence-corrected chi connectivity index (χ0v) is 18.8. The molecule has 0 aromatic heterocycles. The lowest BCUT2D eigenvalue weighted by Gasteiger charge is -2.34. The average molecular weight is 428 g/mol. The van der Waals surface area contributed by atoms with Gasteiger partial charge in [-0.2, -0.15) is 10.4 Å². The standard InChI is InChI=1S/C27H29N3O2/c1-3-32-27(31)20-10-12-23-19(15-20)9-13-24-25(23)29-30(26(24)18-6-4-5-7-18)22-11-8-21(16-28)17(2)14-22/h8,10-12,14-15,18,24,26H,3-7,9,13H2,1-2H3/t24-,26-/m0/s1. The van der Waals surface area contributed by atoms with Crippen LogP contribution in [0.2, 0.25) is 0 Å². The van der Waals surface area contributed by atoms with Gasteiger partial charge in [0.25, 0.3) is 0 Å². The van der Waals surface area contributed by atoms with Gasteiger partial charge in [0, 0.05) is 11.5 Å². The fourth-order valence-corrected chi connectivity index (χ4v) is 5.83. The molecule has 2 aromatic carbocycles. The Morgan fingerprint density at radius 3 is 2.72 bits per heavy atom. The Kier molecular flexibility index (Phi) is 5.46. The zero-order chi connectivity index (χ0) is 22.2. The number of nitrogens with zero attached hydrogens (tertiary/aromatic N) is 3. The highest BCUT2D eigenvalue weighted by atomic mass is 16.5. The van der Waals surface area contributed by atoms with Gasteiger partial charge in [-0.1, -0.05) is 18.9 Å². The molecule has 0 bridgehead atoms. The normalized spacial score (nSPS) is 22.2. The Hall–Kier alpha value is -3.13. The van der Waals surface area contributed by atoms with Gasteiger partial charge < -0.3 is 4.74 Å². The minimum atomic E-state index is -0.260. The molecular formula is C27H29N3O2. The number of hydrogen-bond donors (Lipinski definition) is 0. The monoisotopic (exact) mass is 427 g/mol. The van der Waals surface area contributed by atoms with Gasteiger partial charge in [0.2, 0.25) is 0 Å². The van der Waals surface area contributed by atoms with Crippen molar-refractivity contribution in [3.8, 4) is 6.07 Å². The second kappa shape index (κ2) is 8.43. The van der Waals surface area contributed by atoms with Crippen molar-refractivity contribution in [2.75, 3.05) is 11.6 Å². The third-order valence-corrected chi connectivity index (χ3v) is 7.36. The molecule has 0 amide bonds. The maximum Gasteiger partial charge on any atom is 0.338 e. The van der Waals surface area contributed by atoms with E-state index in [1.807, 2.05) is 38.1 Å². The second-order valence-corrected chi connectivity index (χ2v) is 9.21. The number of fused-ring (bicyclic) bond motifs is 3. The van der Waals surface area contributed by atoms with Crippen molar-refractivity contribution in [1.29, 1.82) is 5.26 Å². The van der Waals surface area contributed by atoms with Crippen LogP contribution in [0, 0.1) is 30.1 Å². The van der Waals surface area contributed by atoms with E-state index in [2.05, 4.69) is 23.2 Å². The summed E-state index contributed by atoms with van der Waals surface area (Å²) in [6, 6.07) is 14.6. The molecule has 2 atom stereocenters. The minimum absolute atomic E-state index is 0.260. The van der Waals surface area contributed by atoms with E-state index in [0.717, 1.165) is 29.8 Å². The third kappa shape index (κ3) is 3.48. The first kappa shape index (κ1) is 20.8. The summed E-state index contributed by atoms with van der Waals surface area (Å²) >= 11 is 0. The lowest BCUT2D eigenvalue weighted by molar-refractivity contribution is 0.0526. The van der Waals surface area contributed by atoms with Gasteiger partial charge in [-0.15, -0.1) is 0 Å². The Labute approximate surface area is 189 Å². The number of nitriles is 1. The Morgan fingerprint density at radius 2 is 2.00 bits per heavy atom. The topological polar surface area (TPSA) is 65.7 Å². The molecule has 32 heavy (non-hydrogen) atoms. The minimum Gasteiger partial charge on any atom is -0.462 e. The molecule has 2 aromatic rings.